The topological polar surface area (TPSA) is 61.8 Å². The molecule has 5 fully saturated rings. The molecule has 5 heteroatoms. The van der Waals surface area contributed by atoms with E-state index in [2.05, 4.69) is 6.58 Å². The van der Waals surface area contributed by atoms with Gasteiger partial charge in [-0.25, -0.2) is 4.79 Å². The number of ether oxygens (including phenoxy) is 3. The zero-order valence-corrected chi connectivity index (χ0v) is 15.8. The number of rotatable bonds is 7. The number of carbonyl (C=O) groups excluding carboxylic acids is 2. The van der Waals surface area contributed by atoms with Crippen molar-refractivity contribution in [2.75, 3.05) is 13.2 Å². The smallest absolute Gasteiger partial charge is 0.333 e. The van der Waals surface area contributed by atoms with Gasteiger partial charge in [-0.2, -0.15) is 0 Å². The fraction of sp³-hybridized carbons (Fsp3) is 0.810. The highest BCUT2D eigenvalue weighted by Crippen LogP contribution is 2.64. The highest BCUT2D eigenvalue weighted by atomic mass is 16.6. The Morgan fingerprint density at radius 1 is 1.27 bits per heavy atom. The first kappa shape index (κ1) is 18.0. The van der Waals surface area contributed by atoms with Gasteiger partial charge in [0.2, 0.25) is 0 Å². The van der Waals surface area contributed by atoms with Gasteiger partial charge in [0.15, 0.2) is 0 Å². The zero-order chi connectivity index (χ0) is 18.4. The van der Waals surface area contributed by atoms with Gasteiger partial charge < -0.3 is 14.2 Å². The molecule has 3 unspecified atom stereocenters. The average Bonchev–Trinajstić information content (AvgIpc) is 2.95. The maximum Gasteiger partial charge on any atom is 0.333 e. The molecular weight excluding hydrogens is 332 g/mol. The van der Waals surface area contributed by atoms with Gasteiger partial charge in [-0.1, -0.05) is 6.58 Å². The van der Waals surface area contributed by atoms with Crippen LogP contribution < -0.4 is 0 Å². The van der Waals surface area contributed by atoms with Gasteiger partial charge >= 0.3 is 11.9 Å². The molecule has 0 aromatic carbocycles. The van der Waals surface area contributed by atoms with Gasteiger partial charge in [0.05, 0.1) is 6.42 Å². The summed E-state index contributed by atoms with van der Waals surface area (Å²) in [5.74, 6) is 1.00. The monoisotopic (exact) mass is 362 g/mol. The van der Waals surface area contributed by atoms with Gasteiger partial charge in [-0.15, -0.1) is 0 Å². The minimum absolute atomic E-state index is 0.0678. The highest BCUT2D eigenvalue weighted by Gasteiger charge is 2.59. The molecule has 1 saturated heterocycles. The van der Waals surface area contributed by atoms with E-state index in [1.165, 1.54) is 19.3 Å². The molecule has 0 N–H and O–H groups in total. The van der Waals surface area contributed by atoms with Gasteiger partial charge in [-0.05, 0) is 75.5 Å². The number of hydrogen-bond donors (Lipinski definition) is 0. The summed E-state index contributed by atoms with van der Waals surface area (Å²) in [5, 5.41) is 0. The lowest BCUT2D eigenvalue weighted by Gasteiger charge is -2.61. The first-order valence-corrected chi connectivity index (χ1v) is 10.0. The van der Waals surface area contributed by atoms with E-state index in [9.17, 15) is 9.59 Å². The summed E-state index contributed by atoms with van der Waals surface area (Å²) in [5.41, 5.74) is 0.536. The Kier molecular flexibility index (Phi) is 4.62. The van der Waals surface area contributed by atoms with E-state index < -0.39 is 0 Å². The van der Waals surface area contributed by atoms with E-state index in [0.29, 0.717) is 42.5 Å². The van der Waals surface area contributed by atoms with Gasteiger partial charge in [0, 0.05) is 12.2 Å². The maximum absolute atomic E-state index is 12.2. The maximum atomic E-state index is 12.2. The Balaban J connectivity index is 1.34. The third kappa shape index (κ3) is 3.55. The van der Waals surface area contributed by atoms with Crippen molar-refractivity contribution < 1.29 is 23.8 Å². The summed E-state index contributed by atoms with van der Waals surface area (Å²) in [4.78, 5) is 23.3. The van der Waals surface area contributed by atoms with Crippen LogP contribution in [0.5, 0.6) is 0 Å². The van der Waals surface area contributed by atoms with Crippen LogP contribution in [0.25, 0.3) is 0 Å². The quantitative estimate of drug-likeness (QED) is 0.394. The third-order valence-electron chi connectivity index (χ3n) is 6.82. The number of carbonyl (C=O) groups is 2. The highest BCUT2D eigenvalue weighted by molar-refractivity contribution is 5.87. The predicted octanol–water partition coefficient (Wildman–Crippen LogP) is 3.56. The first-order chi connectivity index (χ1) is 12.4. The first-order valence-electron chi connectivity index (χ1n) is 10.0. The third-order valence-corrected chi connectivity index (χ3v) is 6.82. The van der Waals surface area contributed by atoms with Crippen LogP contribution in [-0.2, 0) is 23.8 Å². The molecule has 144 valence electrons. The molecule has 26 heavy (non-hydrogen) atoms. The van der Waals surface area contributed by atoms with Crippen molar-refractivity contribution in [1.29, 1.82) is 0 Å². The normalized spacial score (nSPS) is 40.5. The van der Waals surface area contributed by atoms with E-state index in [0.717, 1.165) is 32.1 Å². The SMILES string of the molecule is C=C(C)C(=O)OC12CC3CC(CC(CCCOC4COC(=O)C4)(C3)C1)C2. The standard InChI is InChI=1S/C21H30O5/c1-14(2)19(23)26-21-10-15-6-16(11-21)9-20(8-15,13-21)4-3-5-24-17-7-18(22)25-12-17/h15-17H,1,3-13H2,2H3. The molecule has 4 aliphatic carbocycles. The Bertz CT molecular complexity index is 596. The van der Waals surface area contributed by atoms with Crippen molar-refractivity contribution >= 4 is 11.9 Å². The summed E-state index contributed by atoms with van der Waals surface area (Å²) < 4.78 is 16.8. The van der Waals surface area contributed by atoms with Crippen LogP contribution in [0.1, 0.15) is 64.7 Å². The van der Waals surface area contributed by atoms with Gasteiger partial charge in [0.1, 0.15) is 18.3 Å². The molecule has 0 amide bonds. The zero-order valence-electron chi connectivity index (χ0n) is 15.8. The molecule has 1 heterocycles. The largest absolute Gasteiger partial charge is 0.463 e. The Morgan fingerprint density at radius 2 is 2.00 bits per heavy atom. The van der Waals surface area contributed by atoms with Crippen LogP contribution in [0.15, 0.2) is 12.2 Å². The molecule has 3 atom stereocenters. The van der Waals surface area contributed by atoms with Crippen molar-refractivity contribution in [2.24, 2.45) is 17.3 Å². The van der Waals surface area contributed by atoms with E-state index in [4.69, 9.17) is 14.2 Å². The van der Waals surface area contributed by atoms with Crippen molar-refractivity contribution in [1.82, 2.24) is 0 Å². The molecular formula is C21H30O5. The molecule has 4 saturated carbocycles. The fourth-order valence-electron chi connectivity index (χ4n) is 6.35. The minimum Gasteiger partial charge on any atom is -0.463 e. The molecule has 0 aromatic heterocycles. The Morgan fingerprint density at radius 3 is 2.62 bits per heavy atom. The average molecular weight is 362 g/mol. The minimum atomic E-state index is -0.257. The summed E-state index contributed by atoms with van der Waals surface area (Å²) in [6.07, 6.45) is 9.31. The van der Waals surface area contributed by atoms with Crippen LogP contribution in [-0.4, -0.2) is 36.9 Å². The molecule has 5 aliphatic rings. The second kappa shape index (κ2) is 6.66. The Hall–Kier alpha value is -1.36. The second-order valence-corrected chi connectivity index (χ2v) is 9.30. The molecule has 5 nitrogen and oxygen atoms in total. The van der Waals surface area contributed by atoms with Crippen molar-refractivity contribution in [3.05, 3.63) is 12.2 Å². The number of cyclic esters (lactones) is 1. The number of hydrogen-bond acceptors (Lipinski definition) is 5. The van der Waals surface area contributed by atoms with Gasteiger partial charge in [0.25, 0.3) is 0 Å². The van der Waals surface area contributed by atoms with Crippen LogP contribution >= 0.6 is 0 Å². The van der Waals surface area contributed by atoms with Crippen LogP contribution in [0.4, 0.5) is 0 Å². The van der Waals surface area contributed by atoms with E-state index >= 15 is 0 Å². The van der Waals surface area contributed by atoms with Crippen LogP contribution in [0.3, 0.4) is 0 Å². The predicted molar refractivity (Wildman–Crippen MR) is 95.3 cm³/mol. The van der Waals surface area contributed by atoms with Crippen LogP contribution in [0.2, 0.25) is 0 Å². The lowest BCUT2D eigenvalue weighted by Crippen LogP contribution is -2.57. The van der Waals surface area contributed by atoms with Crippen molar-refractivity contribution in [2.45, 2.75) is 76.4 Å². The molecule has 0 radical (unpaired) electrons. The van der Waals surface area contributed by atoms with E-state index in [1.807, 2.05) is 0 Å². The van der Waals surface area contributed by atoms with Crippen molar-refractivity contribution in [3.63, 3.8) is 0 Å². The van der Waals surface area contributed by atoms with Gasteiger partial charge in [-0.3, -0.25) is 4.79 Å². The summed E-state index contributed by atoms with van der Waals surface area (Å²) in [6, 6.07) is 0. The van der Waals surface area contributed by atoms with Crippen molar-refractivity contribution in [3.8, 4) is 0 Å². The molecule has 5 rings (SSSR count). The summed E-state index contributed by atoms with van der Waals surface area (Å²) in [7, 11) is 0. The van der Waals surface area contributed by atoms with E-state index in [-0.39, 0.29) is 23.6 Å². The summed E-state index contributed by atoms with van der Waals surface area (Å²) in [6.45, 7) is 6.55. The fourth-order valence-corrected chi connectivity index (χ4v) is 6.35. The summed E-state index contributed by atoms with van der Waals surface area (Å²) >= 11 is 0. The molecule has 4 bridgehead atoms. The Labute approximate surface area is 155 Å². The lowest BCUT2D eigenvalue weighted by molar-refractivity contribution is -0.199. The van der Waals surface area contributed by atoms with Crippen LogP contribution in [0, 0.1) is 17.3 Å². The molecule has 0 aromatic rings. The lowest BCUT2D eigenvalue weighted by atomic mass is 9.47. The molecule has 1 aliphatic heterocycles. The van der Waals surface area contributed by atoms with E-state index in [1.54, 1.807) is 6.92 Å². The number of esters is 2. The second-order valence-electron chi connectivity index (χ2n) is 9.30. The molecule has 0 spiro atoms.